The van der Waals surface area contributed by atoms with Crippen molar-refractivity contribution in [1.82, 2.24) is 0 Å². The van der Waals surface area contributed by atoms with E-state index in [1.165, 1.54) is 12.1 Å². The van der Waals surface area contributed by atoms with Crippen LogP contribution in [0.5, 0.6) is 0 Å². The van der Waals surface area contributed by atoms with Gasteiger partial charge < -0.3 is 4.74 Å². The van der Waals surface area contributed by atoms with Gasteiger partial charge in [-0.2, -0.15) is 0 Å². The van der Waals surface area contributed by atoms with Gasteiger partial charge in [-0.3, -0.25) is 0 Å². The lowest BCUT2D eigenvalue weighted by Crippen LogP contribution is -1.86. The van der Waals surface area contributed by atoms with Crippen LogP contribution in [-0.4, -0.2) is 6.61 Å². The molecule has 2 rings (SSSR count). The van der Waals surface area contributed by atoms with Crippen LogP contribution in [0.25, 0.3) is 0 Å². The molecule has 0 amide bonds. The van der Waals surface area contributed by atoms with Crippen LogP contribution in [0.3, 0.4) is 0 Å². The molecule has 1 aliphatic rings. The Balaban J connectivity index is 2.42. The lowest BCUT2D eigenvalue weighted by atomic mass is 10.1. The van der Waals surface area contributed by atoms with E-state index in [2.05, 4.69) is 0 Å². The first-order valence-electron chi connectivity index (χ1n) is 3.34. The number of rotatable bonds is 1. The van der Waals surface area contributed by atoms with Crippen molar-refractivity contribution in [2.45, 2.75) is 6.10 Å². The molecule has 1 aromatic rings. The van der Waals surface area contributed by atoms with E-state index in [1.54, 1.807) is 6.07 Å². The lowest BCUT2D eigenvalue weighted by Gasteiger charge is -1.97. The quantitative estimate of drug-likeness (QED) is 0.593. The Morgan fingerprint density at radius 3 is 2.91 bits per heavy atom. The Bertz CT molecular complexity index is 283. The summed E-state index contributed by atoms with van der Waals surface area (Å²) < 4.78 is 17.9. The van der Waals surface area contributed by atoms with Crippen LogP contribution in [0.2, 0.25) is 5.02 Å². The monoisotopic (exact) mass is 172 g/mol. The first-order chi connectivity index (χ1) is 5.27. The minimum atomic E-state index is -0.239. The van der Waals surface area contributed by atoms with Gasteiger partial charge in [-0.15, -0.1) is 0 Å². The fourth-order valence-corrected chi connectivity index (χ4v) is 1.17. The fraction of sp³-hybridized carbons (Fsp3) is 0.250. The third-order valence-corrected chi connectivity index (χ3v) is 1.87. The summed E-state index contributed by atoms with van der Waals surface area (Å²) in [6.07, 6.45) is -0.0614. The van der Waals surface area contributed by atoms with Gasteiger partial charge >= 0.3 is 0 Å². The van der Waals surface area contributed by atoms with Crippen LogP contribution in [0.15, 0.2) is 18.2 Å². The zero-order chi connectivity index (χ0) is 7.84. The summed E-state index contributed by atoms with van der Waals surface area (Å²) >= 11 is 5.67. The smallest absolute Gasteiger partial charge is 0.129 e. The van der Waals surface area contributed by atoms with Crippen LogP contribution < -0.4 is 0 Å². The Morgan fingerprint density at radius 1 is 1.55 bits per heavy atom. The third-order valence-electron chi connectivity index (χ3n) is 1.64. The normalized spacial score (nSPS) is 21.8. The summed E-state index contributed by atoms with van der Waals surface area (Å²) in [4.78, 5) is 0. The highest BCUT2D eigenvalue weighted by molar-refractivity contribution is 6.30. The summed E-state index contributed by atoms with van der Waals surface area (Å²) in [5.74, 6) is -0.239. The van der Waals surface area contributed by atoms with Crippen molar-refractivity contribution in [2.75, 3.05) is 6.61 Å². The molecule has 1 atom stereocenters. The van der Waals surface area contributed by atoms with Crippen LogP contribution in [0.4, 0.5) is 4.39 Å². The molecule has 0 radical (unpaired) electrons. The van der Waals surface area contributed by atoms with E-state index in [-0.39, 0.29) is 11.9 Å². The van der Waals surface area contributed by atoms with Gasteiger partial charge in [0.15, 0.2) is 0 Å². The van der Waals surface area contributed by atoms with Gasteiger partial charge in [-0.25, -0.2) is 4.39 Å². The van der Waals surface area contributed by atoms with Crippen LogP contribution in [0.1, 0.15) is 11.7 Å². The van der Waals surface area contributed by atoms with E-state index >= 15 is 0 Å². The minimum absolute atomic E-state index is 0.0614. The van der Waals surface area contributed by atoms with Crippen LogP contribution >= 0.6 is 11.6 Å². The maximum absolute atomic E-state index is 12.9. The van der Waals surface area contributed by atoms with Crippen molar-refractivity contribution in [3.05, 3.63) is 34.6 Å². The molecule has 1 nitrogen and oxygen atoms in total. The predicted molar refractivity (Wildman–Crippen MR) is 40.1 cm³/mol. The Kier molecular flexibility index (Phi) is 1.59. The van der Waals surface area contributed by atoms with Crippen molar-refractivity contribution in [3.8, 4) is 0 Å². The van der Waals surface area contributed by atoms with Crippen molar-refractivity contribution in [2.24, 2.45) is 0 Å². The van der Waals surface area contributed by atoms with E-state index in [9.17, 15) is 4.39 Å². The molecule has 0 bridgehead atoms. The standard InChI is InChI=1S/C8H6ClFO/c9-5-1-2-7(10)6(3-5)8-4-11-8/h1-3,8H,4H2. The van der Waals surface area contributed by atoms with Crippen molar-refractivity contribution in [3.63, 3.8) is 0 Å². The van der Waals surface area contributed by atoms with Gasteiger partial charge in [0.1, 0.15) is 11.9 Å². The summed E-state index contributed by atoms with van der Waals surface area (Å²) in [6, 6.07) is 4.50. The topological polar surface area (TPSA) is 12.5 Å². The average Bonchev–Trinajstić information content (AvgIpc) is 2.76. The highest BCUT2D eigenvalue weighted by Gasteiger charge is 2.27. The van der Waals surface area contributed by atoms with Crippen LogP contribution in [-0.2, 0) is 4.74 Å². The Morgan fingerprint density at radius 2 is 2.27 bits per heavy atom. The Labute approximate surface area is 68.7 Å². The zero-order valence-corrected chi connectivity index (χ0v) is 6.44. The van der Waals surface area contributed by atoms with Crippen molar-refractivity contribution in [1.29, 1.82) is 0 Å². The fourth-order valence-electron chi connectivity index (χ4n) is 0.989. The van der Waals surface area contributed by atoms with Gasteiger partial charge in [0.05, 0.1) is 6.61 Å². The molecular weight excluding hydrogens is 167 g/mol. The molecular formula is C8H6ClFO. The van der Waals surface area contributed by atoms with Crippen molar-refractivity contribution >= 4 is 11.6 Å². The number of ether oxygens (including phenoxy) is 1. The van der Waals surface area contributed by atoms with Crippen molar-refractivity contribution < 1.29 is 9.13 Å². The maximum atomic E-state index is 12.9. The molecule has 1 aromatic carbocycles. The molecule has 58 valence electrons. The molecule has 1 saturated heterocycles. The highest BCUT2D eigenvalue weighted by atomic mass is 35.5. The summed E-state index contributed by atoms with van der Waals surface area (Å²) in [5, 5.41) is 0.553. The number of hydrogen-bond acceptors (Lipinski definition) is 1. The van der Waals surface area contributed by atoms with E-state index in [0.717, 1.165) is 0 Å². The molecule has 0 spiro atoms. The number of benzene rings is 1. The second-order valence-corrected chi connectivity index (χ2v) is 2.92. The predicted octanol–water partition coefficient (Wildman–Crippen LogP) is 2.55. The number of epoxide rings is 1. The van der Waals surface area contributed by atoms with Gasteiger partial charge in [0.25, 0.3) is 0 Å². The largest absolute Gasteiger partial charge is 0.368 e. The van der Waals surface area contributed by atoms with E-state index < -0.39 is 0 Å². The molecule has 11 heavy (non-hydrogen) atoms. The van der Waals surface area contributed by atoms with Gasteiger partial charge in [-0.05, 0) is 18.2 Å². The number of hydrogen-bond donors (Lipinski definition) is 0. The van der Waals surface area contributed by atoms with E-state index in [1.807, 2.05) is 0 Å². The molecule has 1 heterocycles. The molecule has 1 unspecified atom stereocenters. The average molecular weight is 173 g/mol. The second kappa shape index (κ2) is 2.47. The second-order valence-electron chi connectivity index (χ2n) is 2.49. The maximum Gasteiger partial charge on any atom is 0.129 e. The van der Waals surface area contributed by atoms with Gasteiger partial charge in [0, 0.05) is 10.6 Å². The molecule has 1 aliphatic heterocycles. The molecule has 0 aromatic heterocycles. The summed E-state index contributed by atoms with van der Waals surface area (Å²) in [7, 11) is 0. The van der Waals surface area contributed by atoms with Crippen LogP contribution in [0, 0.1) is 5.82 Å². The third kappa shape index (κ3) is 1.37. The Hall–Kier alpha value is -0.600. The number of halogens is 2. The minimum Gasteiger partial charge on any atom is -0.368 e. The molecule has 0 saturated carbocycles. The van der Waals surface area contributed by atoms with E-state index in [0.29, 0.717) is 17.2 Å². The van der Waals surface area contributed by atoms with Gasteiger partial charge in [0.2, 0.25) is 0 Å². The molecule has 3 heteroatoms. The summed E-state index contributed by atoms with van der Waals surface area (Å²) in [6.45, 7) is 0.608. The lowest BCUT2D eigenvalue weighted by molar-refractivity contribution is 0.408. The molecule has 0 aliphatic carbocycles. The zero-order valence-electron chi connectivity index (χ0n) is 5.68. The molecule has 0 N–H and O–H groups in total. The SMILES string of the molecule is Fc1ccc(Cl)cc1C1CO1. The highest BCUT2D eigenvalue weighted by Crippen LogP contribution is 2.32. The molecule has 1 fully saturated rings. The van der Waals surface area contributed by atoms with E-state index in [4.69, 9.17) is 16.3 Å². The first-order valence-corrected chi connectivity index (χ1v) is 3.72. The summed E-state index contributed by atoms with van der Waals surface area (Å²) in [5.41, 5.74) is 0.567. The first kappa shape index (κ1) is 7.07. The van der Waals surface area contributed by atoms with Gasteiger partial charge in [-0.1, -0.05) is 11.6 Å².